The molecule has 0 saturated carbocycles. The van der Waals surface area contributed by atoms with Gasteiger partial charge in [-0.05, 0) is 37.1 Å². The third-order valence-corrected chi connectivity index (χ3v) is 4.92. The number of aromatic nitrogens is 3. The largest absolute Gasteiger partial charge is 0.480 e. The Kier molecular flexibility index (Phi) is 3.26. The van der Waals surface area contributed by atoms with Crippen LogP contribution in [0.1, 0.15) is 12.8 Å². The monoisotopic (exact) mass is 332 g/mol. The maximum atomic E-state index is 13.0. The normalized spacial score (nSPS) is 18.0. The summed E-state index contributed by atoms with van der Waals surface area (Å²) in [4.78, 5) is 18.3. The summed E-state index contributed by atoms with van der Waals surface area (Å²) >= 11 is 1.36. The first-order chi connectivity index (χ1) is 11.1. The molecule has 0 bridgehead atoms. The van der Waals surface area contributed by atoms with Crippen molar-refractivity contribution in [3.05, 3.63) is 36.3 Å². The van der Waals surface area contributed by atoms with Gasteiger partial charge in [-0.2, -0.15) is 0 Å². The number of carboxylic acid groups (broad SMARTS) is 1. The lowest BCUT2D eigenvalue weighted by Gasteiger charge is -2.19. The van der Waals surface area contributed by atoms with Crippen LogP contribution in [0.4, 0.5) is 9.52 Å². The number of halogens is 1. The highest BCUT2D eigenvalue weighted by molar-refractivity contribution is 7.20. The molecule has 1 aliphatic rings. The standard InChI is InChI=1S/C15H13FN4O2S/c16-10-5-3-9(4-6-10)11-8-20-14(17-11)23-15(18-20)19-7-1-2-12(19)13(21)22/h3-6,8,12H,1-2,7H2,(H,21,22)/t12-/m0/s1. The zero-order valence-electron chi connectivity index (χ0n) is 12.0. The van der Waals surface area contributed by atoms with Gasteiger partial charge in [-0.15, -0.1) is 5.10 Å². The summed E-state index contributed by atoms with van der Waals surface area (Å²) in [7, 11) is 0. The summed E-state index contributed by atoms with van der Waals surface area (Å²) in [6, 6.07) is 5.61. The highest BCUT2D eigenvalue weighted by atomic mass is 32.1. The molecule has 8 heteroatoms. The average molecular weight is 332 g/mol. The topological polar surface area (TPSA) is 70.7 Å². The van der Waals surface area contributed by atoms with E-state index in [0.29, 0.717) is 28.8 Å². The predicted octanol–water partition coefficient (Wildman–Crippen LogP) is 2.65. The van der Waals surface area contributed by atoms with Crippen molar-refractivity contribution in [2.45, 2.75) is 18.9 Å². The van der Waals surface area contributed by atoms with Gasteiger partial charge in [0.25, 0.3) is 0 Å². The minimum Gasteiger partial charge on any atom is -0.480 e. The molecule has 1 N–H and O–H groups in total. The smallest absolute Gasteiger partial charge is 0.326 e. The summed E-state index contributed by atoms with van der Waals surface area (Å²) in [5, 5.41) is 14.4. The van der Waals surface area contributed by atoms with E-state index in [9.17, 15) is 14.3 Å². The van der Waals surface area contributed by atoms with Crippen LogP contribution in [0.3, 0.4) is 0 Å². The molecule has 2 aromatic heterocycles. The predicted molar refractivity (Wildman–Crippen MR) is 84.3 cm³/mol. The molecule has 0 amide bonds. The van der Waals surface area contributed by atoms with Crippen molar-refractivity contribution in [1.82, 2.24) is 14.6 Å². The number of benzene rings is 1. The van der Waals surface area contributed by atoms with Gasteiger partial charge in [0.15, 0.2) is 0 Å². The summed E-state index contributed by atoms with van der Waals surface area (Å²) < 4.78 is 14.6. The Hall–Kier alpha value is -2.48. The molecular formula is C15H13FN4O2S. The molecule has 6 nitrogen and oxygen atoms in total. The second kappa shape index (κ2) is 5.31. The molecule has 1 fully saturated rings. The number of hydrogen-bond acceptors (Lipinski definition) is 5. The maximum Gasteiger partial charge on any atom is 0.326 e. The molecule has 0 unspecified atom stereocenters. The quantitative estimate of drug-likeness (QED) is 0.798. The van der Waals surface area contributed by atoms with E-state index in [0.717, 1.165) is 12.0 Å². The van der Waals surface area contributed by atoms with E-state index in [1.807, 2.05) is 4.90 Å². The summed E-state index contributed by atoms with van der Waals surface area (Å²) in [6.07, 6.45) is 3.26. The van der Waals surface area contributed by atoms with Crippen LogP contribution in [0.2, 0.25) is 0 Å². The number of nitrogens with zero attached hydrogens (tertiary/aromatic N) is 4. The number of carbonyl (C=O) groups is 1. The highest BCUT2D eigenvalue weighted by Crippen LogP contribution is 2.31. The van der Waals surface area contributed by atoms with E-state index in [-0.39, 0.29) is 5.82 Å². The molecule has 3 aromatic rings. The van der Waals surface area contributed by atoms with Gasteiger partial charge in [0.05, 0.1) is 11.9 Å². The molecule has 4 rings (SSSR count). The summed E-state index contributed by atoms with van der Waals surface area (Å²) in [5.41, 5.74) is 1.53. The lowest BCUT2D eigenvalue weighted by molar-refractivity contribution is -0.138. The second-order valence-electron chi connectivity index (χ2n) is 5.43. The molecule has 1 aliphatic heterocycles. The summed E-state index contributed by atoms with van der Waals surface area (Å²) in [5.74, 6) is -1.11. The van der Waals surface area contributed by atoms with Crippen LogP contribution in [0.5, 0.6) is 0 Å². The SMILES string of the molecule is O=C(O)[C@@H]1CCCN1c1nn2cc(-c3ccc(F)cc3)nc2s1. The van der Waals surface area contributed by atoms with Crippen LogP contribution in [-0.4, -0.2) is 38.3 Å². The van der Waals surface area contributed by atoms with Gasteiger partial charge < -0.3 is 10.0 Å². The van der Waals surface area contributed by atoms with Crippen molar-refractivity contribution < 1.29 is 14.3 Å². The molecule has 3 heterocycles. The van der Waals surface area contributed by atoms with Crippen LogP contribution in [-0.2, 0) is 4.79 Å². The van der Waals surface area contributed by atoms with Crippen LogP contribution in [0, 0.1) is 5.82 Å². The molecule has 1 aromatic carbocycles. The van der Waals surface area contributed by atoms with Crippen LogP contribution in [0.25, 0.3) is 16.2 Å². The first-order valence-corrected chi connectivity index (χ1v) is 8.05. The molecule has 1 saturated heterocycles. The Morgan fingerprint density at radius 1 is 1.35 bits per heavy atom. The van der Waals surface area contributed by atoms with E-state index in [2.05, 4.69) is 10.1 Å². The maximum absolute atomic E-state index is 13.0. The number of aliphatic carboxylic acids is 1. The zero-order valence-corrected chi connectivity index (χ0v) is 12.8. The van der Waals surface area contributed by atoms with Gasteiger partial charge >= 0.3 is 5.97 Å². The molecule has 118 valence electrons. The van der Waals surface area contributed by atoms with Gasteiger partial charge in [-0.1, -0.05) is 11.3 Å². The van der Waals surface area contributed by atoms with E-state index in [1.165, 1.54) is 23.5 Å². The van der Waals surface area contributed by atoms with Gasteiger partial charge in [-0.3, -0.25) is 0 Å². The molecule has 23 heavy (non-hydrogen) atoms. The Morgan fingerprint density at radius 2 is 2.13 bits per heavy atom. The van der Waals surface area contributed by atoms with Crippen molar-refractivity contribution in [1.29, 1.82) is 0 Å². The van der Waals surface area contributed by atoms with Crippen LogP contribution >= 0.6 is 11.3 Å². The first-order valence-electron chi connectivity index (χ1n) is 7.23. The van der Waals surface area contributed by atoms with Crippen molar-refractivity contribution in [3.63, 3.8) is 0 Å². The fourth-order valence-electron chi connectivity index (χ4n) is 2.82. The van der Waals surface area contributed by atoms with Crippen LogP contribution < -0.4 is 4.90 Å². The molecular weight excluding hydrogens is 319 g/mol. The lowest BCUT2D eigenvalue weighted by Crippen LogP contribution is -2.35. The number of imidazole rings is 1. The molecule has 0 spiro atoms. The third-order valence-electron chi connectivity index (χ3n) is 3.96. The van der Waals surface area contributed by atoms with Gasteiger partial charge in [-0.25, -0.2) is 18.7 Å². The zero-order chi connectivity index (χ0) is 16.0. The minimum atomic E-state index is -0.817. The van der Waals surface area contributed by atoms with Crippen LogP contribution in [0.15, 0.2) is 30.5 Å². The summed E-state index contributed by atoms with van der Waals surface area (Å²) in [6.45, 7) is 0.693. The van der Waals surface area contributed by atoms with Gasteiger partial charge in [0.2, 0.25) is 10.1 Å². The van der Waals surface area contributed by atoms with E-state index < -0.39 is 12.0 Å². The van der Waals surface area contributed by atoms with Crippen molar-refractivity contribution in [2.24, 2.45) is 0 Å². The van der Waals surface area contributed by atoms with Crippen molar-refractivity contribution in [3.8, 4) is 11.3 Å². The van der Waals surface area contributed by atoms with E-state index >= 15 is 0 Å². The van der Waals surface area contributed by atoms with Gasteiger partial charge in [0.1, 0.15) is 11.9 Å². The van der Waals surface area contributed by atoms with E-state index in [1.54, 1.807) is 22.8 Å². The van der Waals surface area contributed by atoms with E-state index in [4.69, 9.17) is 0 Å². The van der Waals surface area contributed by atoms with Crippen molar-refractivity contribution in [2.75, 3.05) is 11.4 Å². The highest BCUT2D eigenvalue weighted by Gasteiger charge is 2.32. The number of carboxylic acids is 1. The fourth-order valence-corrected chi connectivity index (χ4v) is 3.78. The molecule has 0 aliphatic carbocycles. The van der Waals surface area contributed by atoms with Gasteiger partial charge in [0, 0.05) is 12.1 Å². The number of fused-ring (bicyclic) bond motifs is 1. The molecule has 1 atom stereocenters. The minimum absolute atomic E-state index is 0.288. The third kappa shape index (κ3) is 2.44. The van der Waals surface area contributed by atoms with Crippen molar-refractivity contribution >= 4 is 27.4 Å². The number of hydrogen-bond donors (Lipinski definition) is 1. The Bertz CT molecular complexity index is 842. The average Bonchev–Trinajstić information content (AvgIpc) is 3.21. The Morgan fingerprint density at radius 3 is 2.83 bits per heavy atom. The first kappa shape index (κ1) is 14.1. The number of anilines is 1. The number of rotatable bonds is 3. The second-order valence-corrected chi connectivity index (χ2v) is 6.37. The molecule has 0 radical (unpaired) electrons. The Labute approximate surface area is 134 Å². The fraction of sp³-hybridized carbons (Fsp3) is 0.267. The lowest BCUT2D eigenvalue weighted by atomic mass is 10.2. The Balaban J connectivity index is 1.66.